The smallest absolute Gasteiger partial charge is 0.0651 e. The zero-order chi connectivity index (χ0) is 12.4. The van der Waals surface area contributed by atoms with Gasteiger partial charge in [0.2, 0.25) is 0 Å². The monoisotopic (exact) mass is 229 g/mol. The first-order valence-electron chi connectivity index (χ1n) is 5.92. The molecule has 1 aromatic carbocycles. The van der Waals surface area contributed by atoms with Crippen molar-refractivity contribution in [3.05, 3.63) is 47.3 Å². The highest BCUT2D eigenvalue weighted by Crippen LogP contribution is 2.20. The fraction of sp³-hybridized carbons (Fsp3) is 0.357. The lowest BCUT2D eigenvalue weighted by Crippen LogP contribution is -2.13. The number of nitrogens with one attached hydrogen (secondary N) is 1. The molecule has 1 aromatic heterocycles. The molecule has 0 aliphatic heterocycles. The van der Waals surface area contributed by atoms with E-state index >= 15 is 0 Å². The maximum absolute atomic E-state index is 4.47. The first-order chi connectivity index (χ1) is 8.13. The molecule has 0 saturated heterocycles. The van der Waals surface area contributed by atoms with E-state index in [-0.39, 0.29) is 0 Å². The van der Waals surface area contributed by atoms with Crippen LogP contribution in [0.25, 0.3) is 5.69 Å². The van der Waals surface area contributed by atoms with Crippen molar-refractivity contribution >= 4 is 0 Å². The fourth-order valence-electron chi connectivity index (χ4n) is 2.02. The molecule has 1 atom stereocenters. The van der Waals surface area contributed by atoms with Crippen molar-refractivity contribution < 1.29 is 0 Å². The van der Waals surface area contributed by atoms with Crippen LogP contribution < -0.4 is 5.32 Å². The molecular weight excluding hydrogens is 210 g/mol. The highest BCUT2D eigenvalue weighted by Gasteiger charge is 2.12. The molecule has 0 bridgehead atoms. The highest BCUT2D eigenvalue weighted by molar-refractivity contribution is 5.38. The maximum Gasteiger partial charge on any atom is 0.0651 e. The fourth-order valence-corrected chi connectivity index (χ4v) is 2.02. The van der Waals surface area contributed by atoms with Gasteiger partial charge in [-0.25, -0.2) is 4.68 Å². The summed E-state index contributed by atoms with van der Waals surface area (Å²) in [7, 11) is 1.97. The van der Waals surface area contributed by atoms with Gasteiger partial charge in [0.05, 0.1) is 11.9 Å². The molecule has 90 valence electrons. The molecule has 2 aromatic rings. The molecule has 0 spiro atoms. The van der Waals surface area contributed by atoms with Crippen LogP contribution in [0.1, 0.15) is 29.8 Å². The molecule has 0 fully saturated rings. The number of aromatic nitrogens is 2. The van der Waals surface area contributed by atoms with E-state index in [1.165, 1.54) is 16.8 Å². The largest absolute Gasteiger partial charge is 0.313 e. The molecule has 0 saturated carbocycles. The lowest BCUT2D eigenvalue weighted by atomic mass is 10.1. The molecule has 0 aliphatic carbocycles. The number of hydrogen-bond donors (Lipinski definition) is 1. The van der Waals surface area contributed by atoms with Crippen LogP contribution in [0.4, 0.5) is 0 Å². The Morgan fingerprint density at radius 2 is 2.06 bits per heavy atom. The summed E-state index contributed by atoms with van der Waals surface area (Å²) < 4.78 is 2.00. The van der Waals surface area contributed by atoms with Gasteiger partial charge in [-0.2, -0.15) is 5.10 Å². The Kier molecular flexibility index (Phi) is 3.29. The molecule has 3 nitrogen and oxygen atoms in total. The van der Waals surface area contributed by atoms with Gasteiger partial charge in [-0.15, -0.1) is 0 Å². The highest BCUT2D eigenvalue weighted by atomic mass is 15.3. The van der Waals surface area contributed by atoms with Gasteiger partial charge in [0.15, 0.2) is 0 Å². The second-order valence-electron chi connectivity index (χ2n) is 4.45. The van der Waals surface area contributed by atoms with E-state index in [4.69, 9.17) is 0 Å². The molecule has 17 heavy (non-hydrogen) atoms. The number of rotatable bonds is 3. The zero-order valence-electron chi connectivity index (χ0n) is 10.9. The summed E-state index contributed by atoms with van der Waals surface area (Å²) in [6.45, 7) is 6.35. The molecule has 2 rings (SSSR count). The topological polar surface area (TPSA) is 29.9 Å². The van der Waals surface area contributed by atoms with Gasteiger partial charge in [0, 0.05) is 17.3 Å². The summed E-state index contributed by atoms with van der Waals surface area (Å²) in [5.74, 6) is 0. The van der Waals surface area contributed by atoms with Crippen molar-refractivity contribution in [2.45, 2.75) is 26.8 Å². The van der Waals surface area contributed by atoms with E-state index < -0.39 is 0 Å². The van der Waals surface area contributed by atoms with Gasteiger partial charge in [-0.1, -0.05) is 12.1 Å². The van der Waals surface area contributed by atoms with Crippen molar-refractivity contribution in [1.29, 1.82) is 0 Å². The Hall–Kier alpha value is -1.61. The van der Waals surface area contributed by atoms with Crippen LogP contribution in [0.3, 0.4) is 0 Å². The standard InChI is InChI=1S/C14H19N3/c1-10-6-5-7-13(8-10)17-12(3)14(9-16-17)11(2)15-4/h5-9,11,15H,1-4H3. The average molecular weight is 229 g/mol. The van der Waals surface area contributed by atoms with Gasteiger partial charge in [-0.05, 0) is 45.5 Å². The number of nitrogens with zero attached hydrogens (tertiary/aromatic N) is 2. The van der Waals surface area contributed by atoms with E-state index in [1.54, 1.807) is 0 Å². The van der Waals surface area contributed by atoms with Gasteiger partial charge < -0.3 is 5.32 Å². The van der Waals surface area contributed by atoms with Crippen LogP contribution >= 0.6 is 0 Å². The Morgan fingerprint density at radius 1 is 1.29 bits per heavy atom. The van der Waals surface area contributed by atoms with E-state index in [0.29, 0.717) is 6.04 Å². The van der Waals surface area contributed by atoms with Crippen LogP contribution in [0.15, 0.2) is 30.5 Å². The Balaban J connectivity index is 2.44. The van der Waals surface area contributed by atoms with Crippen LogP contribution in [-0.2, 0) is 0 Å². The molecule has 0 amide bonds. The van der Waals surface area contributed by atoms with Crippen LogP contribution in [-0.4, -0.2) is 16.8 Å². The second-order valence-corrected chi connectivity index (χ2v) is 4.45. The number of hydrogen-bond acceptors (Lipinski definition) is 2. The lowest BCUT2D eigenvalue weighted by Gasteiger charge is -2.10. The summed E-state index contributed by atoms with van der Waals surface area (Å²) in [6.07, 6.45) is 1.94. The third kappa shape index (κ3) is 2.24. The maximum atomic E-state index is 4.47. The summed E-state index contributed by atoms with van der Waals surface area (Å²) >= 11 is 0. The van der Waals surface area contributed by atoms with E-state index in [2.05, 4.69) is 55.5 Å². The number of aryl methyl sites for hydroxylation is 1. The quantitative estimate of drug-likeness (QED) is 0.877. The van der Waals surface area contributed by atoms with Crippen LogP contribution in [0, 0.1) is 13.8 Å². The second kappa shape index (κ2) is 4.72. The minimum absolute atomic E-state index is 0.327. The molecule has 1 heterocycles. The molecular formula is C14H19N3. The third-order valence-corrected chi connectivity index (χ3v) is 3.19. The van der Waals surface area contributed by atoms with E-state index in [0.717, 1.165) is 5.69 Å². The SMILES string of the molecule is CNC(C)c1cnn(-c2cccc(C)c2)c1C. The van der Waals surface area contributed by atoms with Gasteiger partial charge in [0.1, 0.15) is 0 Å². The first-order valence-corrected chi connectivity index (χ1v) is 5.92. The summed E-state index contributed by atoms with van der Waals surface area (Å²) in [4.78, 5) is 0. The van der Waals surface area contributed by atoms with Gasteiger partial charge in [-0.3, -0.25) is 0 Å². The van der Waals surface area contributed by atoms with E-state index in [9.17, 15) is 0 Å². The molecule has 1 unspecified atom stereocenters. The predicted octanol–water partition coefficient (Wildman–Crippen LogP) is 2.77. The third-order valence-electron chi connectivity index (χ3n) is 3.19. The molecule has 3 heteroatoms. The van der Waals surface area contributed by atoms with Crippen molar-refractivity contribution in [2.24, 2.45) is 0 Å². The normalized spacial score (nSPS) is 12.7. The predicted molar refractivity (Wildman–Crippen MR) is 70.5 cm³/mol. The molecule has 0 aliphatic rings. The number of benzene rings is 1. The zero-order valence-corrected chi connectivity index (χ0v) is 10.9. The average Bonchev–Trinajstić information content (AvgIpc) is 2.70. The van der Waals surface area contributed by atoms with Crippen LogP contribution in [0.2, 0.25) is 0 Å². The Labute approximate surface area is 102 Å². The molecule has 0 radical (unpaired) electrons. The summed E-state index contributed by atoms with van der Waals surface area (Å²) in [6, 6.07) is 8.72. The van der Waals surface area contributed by atoms with Crippen molar-refractivity contribution in [3.8, 4) is 5.69 Å². The van der Waals surface area contributed by atoms with Crippen molar-refractivity contribution in [2.75, 3.05) is 7.05 Å². The summed E-state index contributed by atoms with van der Waals surface area (Å²) in [5.41, 5.74) is 4.81. The van der Waals surface area contributed by atoms with Gasteiger partial charge >= 0.3 is 0 Å². The first kappa shape index (κ1) is 11.9. The van der Waals surface area contributed by atoms with Crippen molar-refractivity contribution in [3.63, 3.8) is 0 Å². The minimum Gasteiger partial charge on any atom is -0.313 e. The lowest BCUT2D eigenvalue weighted by molar-refractivity contribution is 0.647. The Bertz CT molecular complexity index is 514. The van der Waals surface area contributed by atoms with Crippen molar-refractivity contribution in [1.82, 2.24) is 15.1 Å². The minimum atomic E-state index is 0.327. The Morgan fingerprint density at radius 3 is 2.71 bits per heavy atom. The summed E-state index contributed by atoms with van der Waals surface area (Å²) in [5, 5.41) is 7.72. The molecule has 1 N–H and O–H groups in total. The van der Waals surface area contributed by atoms with E-state index in [1.807, 2.05) is 17.9 Å². The van der Waals surface area contributed by atoms with Gasteiger partial charge in [0.25, 0.3) is 0 Å². The van der Waals surface area contributed by atoms with Crippen LogP contribution in [0.5, 0.6) is 0 Å².